The monoisotopic (exact) mass is 282 g/mol. The maximum absolute atomic E-state index is 12.3. The van der Waals surface area contributed by atoms with E-state index >= 15 is 0 Å². The van der Waals surface area contributed by atoms with Crippen LogP contribution in [0.4, 0.5) is 0 Å². The molecule has 1 saturated carbocycles. The van der Waals surface area contributed by atoms with Crippen molar-refractivity contribution >= 4 is 5.97 Å². The molecule has 0 aromatic heterocycles. The van der Waals surface area contributed by atoms with Crippen molar-refractivity contribution in [3.8, 4) is 0 Å². The van der Waals surface area contributed by atoms with E-state index in [4.69, 9.17) is 4.74 Å². The zero-order valence-electron chi connectivity index (χ0n) is 13.4. The fourth-order valence-corrected chi connectivity index (χ4v) is 3.63. The molecule has 0 radical (unpaired) electrons. The van der Waals surface area contributed by atoms with E-state index in [-0.39, 0.29) is 5.97 Å². The lowest BCUT2D eigenvalue weighted by Gasteiger charge is -2.40. The molecule has 116 valence electrons. The number of carbonyl (C=O) groups excluding carboxylic acids is 1. The summed E-state index contributed by atoms with van der Waals surface area (Å²) in [4.78, 5) is 14.7. The average Bonchev–Trinajstić information content (AvgIpc) is 3.29. The van der Waals surface area contributed by atoms with Crippen molar-refractivity contribution in [3.63, 3.8) is 0 Å². The Labute approximate surface area is 123 Å². The van der Waals surface area contributed by atoms with Crippen LogP contribution in [0.1, 0.15) is 39.5 Å². The molecule has 2 aliphatic rings. The molecule has 1 heterocycles. The van der Waals surface area contributed by atoms with E-state index in [1.165, 1.54) is 20.0 Å². The van der Waals surface area contributed by atoms with Gasteiger partial charge in [0.25, 0.3) is 0 Å². The highest BCUT2D eigenvalue weighted by molar-refractivity contribution is 5.82. The molecule has 0 aromatic rings. The van der Waals surface area contributed by atoms with E-state index in [9.17, 15) is 4.79 Å². The number of nitrogens with one attached hydrogen (secondary N) is 1. The number of piperidine rings is 1. The maximum atomic E-state index is 12.3. The van der Waals surface area contributed by atoms with E-state index in [1.54, 1.807) is 0 Å². The maximum Gasteiger partial charge on any atom is 0.327 e. The highest BCUT2D eigenvalue weighted by Crippen LogP contribution is 2.41. The van der Waals surface area contributed by atoms with Crippen molar-refractivity contribution in [2.45, 2.75) is 45.1 Å². The van der Waals surface area contributed by atoms with Crippen molar-refractivity contribution in [2.75, 3.05) is 33.8 Å². The van der Waals surface area contributed by atoms with Gasteiger partial charge in [0, 0.05) is 6.54 Å². The number of nitrogens with zero attached hydrogens (tertiary/aromatic N) is 1. The first kappa shape index (κ1) is 15.8. The highest BCUT2D eigenvalue weighted by Gasteiger charge is 2.51. The Kier molecular flexibility index (Phi) is 5.08. The summed E-state index contributed by atoms with van der Waals surface area (Å²) in [5, 5.41) is 3.29. The molecule has 0 amide bonds. The van der Waals surface area contributed by atoms with E-state index in [0.717, 1.165) is 44.3 Å². The Morgan fingerprint density at radius 2 is 1.90 bits per heavy atom. The average molecular weight is 282 g/mol. The smallest absolute Gasteiger partial charge is 0.327 e. The predicted molar refractivity (Wildman–Crippen MR) is 80.5 cm³/mol. The van der Waals surface area contributed by atoms with Gasteiger partial charge in [0.15, 0.2) is 0 Å². The fourth-order valence-electron chi connectivity index (χ4n) is 3.63. The zero-order chi connectivity index (χ0) is 14.8. The van der Waals surface area contributed by atoms with Gasteiger partial charge in [0.05, 0.1) is 7.11 Å². The molecule has 1 aliphatic carbocycles. The van der Waals surface area contributed by atoms with E-state index < -0.39 is 5.54 Å². The molecule has 1 saturated heterocycles. The van der Waals surface area contributed by atoms with Gasteiger partial charge in [0.2, 0.25) is 0 Å². The van der Waals surface area contributed by atoms with Crippen LogP contribution >= 0.6 is 0 Å². The normalized spacial score (nSPS) is 24.6. The fraction of sp³-hybridized carbons (Fsp3) is 0.938. The third-order valence-electron chi connectivity index (χ3n) is 5.32. The molecule has 20 heavy (non-hydrogen) atoms. The minimum absolute atomic E-state index is 0.0894. The minimum atomic E-state index is -0.487. The van der Waals surface area contributed by atoms with Crippen LogP contribution < -0.4 is 5.32 Å². The number of hydrogen-bond acceptors (Lipinski definition) is 4. The molecule has 4 nitrogen and oxygen atoms in total. The second-order valence-corrected chi connectivity index (χ2v) is 6.84. The van der Waals surface area contributed by atoms with Gasteiger partial charge >= 0.3 is 5.97 Å². The van der Waals surface area contributed by atoms with Crippen molar-refractivity contribution in [1.82, 2.24) is 10.2 Å². The van der Waals surface area contributed by atoms with Gasteiger partial charge in [-0.2, -0.15) is 0 Å². The van der Waals surface area contributed by atoms with Crippen LogP contribution in [0, 0.1) is 17.8 Å². The SMILES string of the molecule is CNC(CN1CCC(C(C)C)CC1)(C(=O)OC)C1CC1. The molecule has 0 spiro atoms. The summed E-state index contributed by atoms with van der Waals surface area (Å²) >= 11 is 0. The molecule has 1 atom stereocenters. The zero-order valence-corrected chi connectivity index (χ0v) is 13.4. The van der Waals surface area contributed by atoms with Gasteiger partial charge < -0.3 is 15.0 Å². The number of esters is 1. The van der Waals surface area contributed by atoms with Crippen molar-refractivity contribution in [3.05, 3.63) is 0 Å². The summed E-state index contributed by atoms with van der Waals surface area (Å²) in [6.45, 7) is 7.64. The van der Waals surface area contributed by atoms with Gasteiger partial charge in [-0.3, -0.25) is 0 Å². The van der Waals surface area contributed by atoms with Gasteiger partial charge in [-0.15, -0.1) is 0 Å². The molecular formula is C16H30N2O2. The molecular weight excluding hydrogens is 252 g/mol. The standard InChI is InChI=1S/C16H30N2O2/c1-12(2)13-7-9-18(10-8-13)11-16(17-3,14-5-6-14)15(19)20-4/h12-14,17H,5-11H2,1-4H3. The van der Waals surface area contributed by atoms with Gasteiger partial charge in [0.1, 0.15) is 5.54 Å². The topological polar surface area (TPSA) is 41.6 Å². The quantitative estimate of drug-likeness (QED) is 0.756. The molecule has 1 aliphatic heterocycles. The second kappa shape index (κ2) is 6.44. The lowest BCUT2D eigenvalue weighted by atomic mass is 9.85. The number of methoxy groups -OCH3 is 1. The van der Waals surface area contributed by atoms with Crippen LogP contribution in [-0.4, -0.2) is 50.2 Å². The highest BCUT2D eigenvalue weighted by atomic mass is 16.5. The summed E-state index contributed by atoms with van der Waals surface area (Å²) in [5.41, 5.74) is -0.487. The second-order valence-electron chi connectivity index (χ2n) is 6.84. The van der Waals surface area contributed by atoms with Crippen molar-refractivity contribution in [2.24, 2.45) is 17.8 Å². The van der Waals surface area contributed by atoms with E-state index in [1.807, 2.05) is 7.05 Å². The first-order chi connectivity index (χ1) is 9.53. The number of likely N-dealkylation sites (N-methyl/N-ethyl adjacent to an activating group) is 1. The molecule has 4 heteroatoms. The van der Waals surface area contributed by atoms with E-state index in [2.05, 4.69) is 24.1 Å². The van der Waals surface area contributed by atoms with Crippen molar-refractivity contribution in [1.29, 1.82) is 0 Å². The van der Waals surface area contributed by atoms with Crippen LogP contribution in [0.25, 0.3) is 0 Å². The Morgan fingerprint density at radius 1 is 1.30 bits per heavy atom. The van der Waals surface area contributed by atoms with E-state index in [0.29, 0.717) is 5.92 Å². The number of hydrogen-bond donors (Lipinski definition) is 1. The number of carbonyl (C=O) groups is 1. The summed E-state index contributed by atoms with van der Waals surface area (Å²) in [6.07, 6.45) is 4.78. The van der Waals surface area contributed by atoms with Gasteiger partial charge in [-0.05, 0) is 63.6 Å². The summed E-state index contributed by atoms with van der Waals surface area (Å²) in [6, 6.07) is 0. The van der Waals surface area contributed by atoms with Crippen molar-refractivity contribution < 1.29 is 9.53 Å². The summed E-state index contributed by atoms with van der Waals surface area (Å²) in [5.74, 6) is 1.97. The van der Waals surface area contributed by atoms with Gasteiger partial charge in [-0.25, -0.2) is 4.79 Å². The lowest BCUT2D eigenvalue weighted by molar-refractivity contribution is -0.150. The molecule has 1 unspecified atom stereocenters. The molecule has 2 rings (SSSR count). The number of ether oxygens (including phenoxy) is 1. The third-order valence-corrected chi connectivity index (χ3v) is 5.32. The molecule has 0 aromatic carbocycles. The van der Waals surface area contributed by atoms with Gasteiger partial charge in [-0.1, -0.05) is 13.8 Å². The first-order valence-corrected chi connectivity index (χ1v) is 8.03. The summed E-state index contributed by atoms with van der Waals surface area (Å²) < 4.78 is 5.08. The number of likely N-dealkylation sites (tertiary alicyclic amines) is 1. The Hall–Kier alpha value is -0.610. The molecule has 2 fully saturated rings. The van der Waals surface area contributed by atoms with Crippen LogP contribution in [-0.2, 0) is 9.53 Å². The Bertz CT molecular complexity index is 333. The largest absolute Gasteiger partial charge is 0.468 e. The summed E-state index contributed by atoms with van der Waals surface area (Å²) in [7, 11) is 3.40. The molecule has 0 bridgehead atoms. The lowest BCUT2D eigenvalue weighted by Crippen LogP contribution is -2.60. The Morgan fingerprint density at radius 3 is 2.30 bits per heavy atom. The van der Waals surface area contributed by atoms with Crippen LogP contribution in [0.3, 0.4) is 0 Å². The number of rotatable bonds is 6. The predicted octanol–water partition coefficient (Wildman–Crippen LogP) is 1.90. The third kappa shape index (κ3) is 3.17. The first-order valence-electron chi connectivity index (χ1n) is 8.03. The molecule has 1 N–H and O–H groups in total. The Balaban J connectivity index is 1.97. The van der Waals surface area contributed by atoms with Crippen LogP contribution in [0.5, 0.6) is 0 Å². The van der Waals surface area contributed by atoms with Crippen LogP contribution in [0.15, 0.2) is 0 Å². The minimum Gasteiger partial charge on any atom is -0.468 e. The van der Waals surface area contributed by atoms with Crippen LogP contribution in [0.2, 0.25) is 0 Å².